The molecule has 1 unspecified atom stereocenters. The van der Waals surface area contributed by atoms with E-state index in [0.717, 1.165) is 19.5 Å². The minimum atomic E-state index is -0.501. The minimum absolute atomic E-state index is 0.0930. The van der Waals surface area contributed by atoms with Crippen LogP contribution in [0.15, 0.2) is 22.7 Å². The molecule has 104 valence electrons. The Labute approximate surface area is 121 Å². The largest absolute Gasteiger partial charge is 0.350 e. The number of carbonyl (C=O) groups is 1. The number of likely N-dealkylation sites (tertiary alicyclic amines) is 1. The number of benzene rings is 1. The Morgan fingerprint density at radius 1 is 1.58 bits per heavy atom. The van der Waals surface area contributed by atoms with Gasteiger partial charge in [-0.1, -0.05) is 13.0 Å². The van der Waals surface area contributed by atoms with Gasteiger partial charge in [-0.3, -0.25) is 9.69 Å². The van der Waals surface area contributed by atoms with Gasteiger partial charge in [0.15, 0.2) is 0 Å². The normalized spacial score (nSPS) is 19.6. The molecule has 0 bridgehead atoms. The number of rotatable bonds is 4. The maximum atomic E-state index is 13.8. The summed E-state index contributed by atoms with van der Waals surface area (Å²) in [5.74, 6) is -0.847. The van der Waals surface area contributed by atoms with Crippen molar-refractivity contribution in [3.63, 3.8) is 0 Å². The second kappa shape index (κ2) is 6.48. The number of hydrogen-bond donors (Lipinski definition) is 1. The molecule has 5 heteroatoms. The summed E-state index contributed by atoms with van der Waals surface area (Å²) < 4.78 is 14.1. The maximum Gasteiger partial charge on any atom is 0.254 e. The molecule has 1 aliphatic heterocycles. The summed E-state index contributed by atoms with van der Waals surface area (Å²) >= 11 is 3.09. The summed E-state index contributed by atoms with van der Waals surface area (Å²) in [5, 5.41) is 2.83. The van der Waals surface area contributed by atoms with Crippen LogP contribution >= 0.6 is 15.9 Å². The molecule has 1 atom stereocenters. The first kappa shape index (κ1) is 14.5. The molecular formula is C14H18BrFN2O. The highest BCUT2D eigenvalue weighted by Crippen LogP contribution is 2.19. The van der Waals surface area contributed by atoms with E-state index in [1.54, 1.807) is 12.1 Å². The smallest absolute Gasteiger partial charge is 0.254 e. The average molecular weight is 329 g/mol. The van der Waals surface area contributed by atoms with Crippen molar-refractivity contribution in [3.8, 4) is 0 Å². The number of nitrogens with zero attached hydrogens (tertiary/aromatic N) is 1. The zero-order valence-corrected chi connectivity index (χ0v) is 12.5. The fourth-order valence-corrected chi connectivity index (χ4v) is 2.89. The highest BCUT2D eigenvalue weighted by molar-refractivity contribution is 9.10. The van der Waals surface area contributed by atoms with E-state index in [0.29, 0.717) is 17.1 Å². The minimum Gasteiger partial charge on any atom is -0.350 e. The molecule has 2 rings (SSSR count). The molecule has 1 amide bonds. The topological polar surface area (TPSA) is 32.3 Å². The second-order valence-electron chi connectivity index (χ2n) is 4.74. The number of amides is 1. The average Bonchev–Trinajstić information content (AvgIpc) is 2.86. The SMILES string of the molecule is CCN1CCCC1CNC(=O)c1cccc(Br)c1F. The molecule has 19 heavy (non-hydrogen) atoms. The molecule has 0 saturated carbocycles. The fraction of sp³-hybridized carbons (Fsp3) is 0.500. The van der Waals surface area contributed by atoms with Gasteiger partial charge in [-0.15, -0.1) is 0 Å². The summed E-state index contributed by atoms with van der Waals surface area (Å²) in [4.78, 5) is 14.3. The Bertz CT molecular complexity index is 467. The van der Waals surface area contributed by atoms with Gasteiger partial charge >= 0.3 is 0 Å². The van der Waals surface area contributed by atoms with E-state index in [9.17, 15) is 9.18 Å². The van der Waals surface area contributed by atoms with E-state index in [2.05, 4.69) is 33.1 Å². The number of hydrogen-bond acceptors (Lipinski definition) is 2. The molecule has 1 aromatic carbocycles. The lowest BCUT2D eigenvalue weighted by Gasteiger charge is -2.22. The van der Waals surface area contributed by atoms with Crippen LogP contribution in [-0.4, -0.2) is 36.5 Å². The standard InChI is InChI=1S/C14H18BrFN2O/c1-2-18-8-4-5-10(18)9-17-14(19)11-6-3-7-12(15)13(11)16/h3,6-7,10H,2,4-5,8-9H2,1H3,(H,17,19). The number of halogens is 2. The lowest BCUT2D eigenvalue weighted by Crippen LogP contribution is -2.40. The third kappa shape index (κ3) is 3.34. The third-order valence-electron chi connectivity index (χ3n) is 3.60. The first-order valence-corrected chi connectivity index (χ1v) is 7.39. The van der Waals surface area contributed by atoms with Crippen LogP contribution in [0, 0.1) is 5.82 Å². The summed E-state index contributed by atoms with van der Waals surface area (Å²) in [7, 11) is 0. The van der Waals surface area contributed by atoms with Crippen LogP contribution < -0.4 is 5.32 Å². The van der Waals surface area contributed by atoms with Crippen molar-refractivity contribution in [2.45, 2.75) is 25.8 Å². The van der Waals surface area contributed by atoms with Crippen LogP contribution in [0.5, 0.6) is 0 Å². The number of nitrogens with one attached hydrogen (secondary N) is 1. The summed E-state index contributed by atoms with van der Waals surface area (Å²) in [6.45, 7) is 4.78. The molecule has 0 aromatic heterocycles. The lowest BCUT2D eigenvalue weighted by molar-refractivity contribution is 0.0937. The van der Waals surface area contributed by atoms with E-state index in [1.165, 1.54) is 12.5 Å². The van der Waals surface area contributed by atoms with Crippen LogP contribution in [0.3, 0.4) is 0 Å². The van der Waals surface area contributed by atoms with Gasteiger partial charge in [-0.25, -0.2) is 4.39 Å². The molecule has 1 aliphatic rings. The second-order valence-corrected chi connectivity index (χ2v) is 5.59. The maximum absolute atomic E-state index is 13.8. The first-order chi connectivity index (χ1) is 9.13. The van der Waals surface area contributed by atoms with Crippen molar-refractivity contribution in [2.24, 2.45) is 0 Å². The van der Waals surface area contributed by atoms with Gasteiger partial charge in [0, 0.05) is 12.6 Å². The van der Waals surface area contributed by atoms with Gasteiger partial charge in [-0.05, 0) is 54.0 Å². The van der Waals surface area contributed by atoms with Gasteiger partial charge in [0.2, 0.25) is 0 Å². The Balaban J connectivity index is 1.96. The van der Waals surface area contributed by atoms with Crippen molar-refractivity contribution >= 4 is 21.8 Å². The Hall–Kier alpha value is -0.940. The highest BCUT2D eigenvalue weighted by Gasteiger charge is 2.23. The van der Waals surface area contributed by atoms with Gasteiger partial charge < -0.3 is 5.32 Å². The molecule has 1 aromatic rings. The van der Waals surface area contributed by atoms with Crippen LogP contribution in [0.4, 0.5) is 4.39 Å². The summed E-state index contributed by atoms with van der Waals surface area (Å²) in [6, 6.07) is 5.13. The van der Waals surface area contributed by atoms with Gasteiger partial charge in [0.25, 0.3) is 5.91 Å². The summed E-state index contributed by atoms with van der Waals surface area (Å²) in [6.07, 6.45) is 2.26. The van der Waals surface area contributed by atoms with Crippen molar-refractivity contribution in [1.82, 2.24) is 10.2 Å². The molecule has 1 fully saturated rings. The van der Waals surface area contributed by atoms with E-state index >= 15 is 0 Å². The molecule has 0 radical (unpaired) electrons. The molecular weight excluding hydrogens is 311 g/mol. The molecule has 0 aliphatic carbocycles. The van der Waals surface area contributed by atoms with Gasteiger partial charge in [0.1, 0.15) is 5.82 Å². The van der Waals surface area contributed by atoms with Crippen molar-refractivity contribution in [3.05, 3.63) is 34.1 Å². The molecule has 3 nitrogen and oxygen atoms in total. The first-order valence-electron chi connectivity index (χ1n) is 6.59. The zero-order valence-electron chi connectivity index (χ0n) is 11.0. The van der Waals surface area contributed by atoms with Crippen LogP contribution in [0.2, 0.25) is 0 Å². The predicted octanol–water partition coefficient (Wildman–Crippen LogP) is 2.80. The Morgan fingerprint density at radius 3 is 3.11 bits per heavy atom. The monoisotopic (exact) mass is 328 g/mol. The van der Waals surface area contributed by atoms with Crippen LogP contribution in [0.25, 0.3) is 0 Å². The predicted molar refractivity (Wildman–Crippen MR) is 76.7 cm³/mol. The van der Waals surface area contributed by atoms with Gasteiger partial charge in [0.05, 0.1) is 10.0 Å². The summed E-state index contributed by atoms with van der Waals surface area (Å²) in [5.41, 5.74) is 0.0930. The van der Waals surface area contributed by atoms with E-state index < -0.39 is 5.82 Å². The van der Waals surface area contributed by atoms with Crippen LogP contribution in [0.1, 0.15) is 30.1 Å². The third-order valence-corrected chi connectivity index (χ3v) is 4.21. The molecule has 1 saturated heterocycles. The molecule has 1 N–H and O–H groups in total. The fourth-order valence-electron chi connectivity index (χ4n) is 2.53. The Morgan fingerprint density at radius 2 is 2.37 bits per heavy atom. The highest BCUT2D eigenvalue weighted by atomic mass is 79.9. The zero-order chi connectivity index (χ0) is 13.8. The number of likely N-dealkylation sites (N-methyl/N-ethyl adjacent to an activating group) is 1. The van der Waals surface area contributed by atoms with Crippen LogP contribution in [-0.2, 0) is 0 Å². The quantitative estimate of drug-likeness (QED) is 0.921. The molecule has 1 heterocycles. The molecule has 0 spiro atoms. The van der Waals surface area contributed by atoms with E-state index in [1.807, 2.05) is 0 Å². The van der Waals surface area contributed by atoms with E-state index in [4.69, 9.17) is 0 Å². The Kier molecular flexibility index (Phi) is 4.93. The van der Waals surface area contributed by atoms with Crippen molar-refractivity contribution < 1.29 is 9.18 Å². The van der Waals surface area contributed by atoms with Crippen molar-refractivity contribution in [1.29, 1.82) is 0 Å². The number of carbonyl (C=O) groups excluding carboxylic acids is 1. The van der Waals surface area contributed by atoms with E-state index in [-0.39, 0.29) is 11.5 Å². The van der Waals surface area contributed by atoms with Gasteiger partial charge in [-0.2, -0.15) is 0 Å². The van der Waals surface area contributed by atoms with Crippen molar-refractivity contribution in [2.75, 3.05) is 19.6 Å². The lowest BCUT2D eigenvalue weighted by atomic mass is 10.2.